The van der Waals surface area contributed by atoms with E-state index in [0.717, 1.165) is 44.0 Å². The molecule has 0 atom stereocenters. The Morgan fingerprint density at radius 1 is 1.15 bits per heavy atom. The SMILES string of the molecule is CCNC(=NCC1(c2ccc(F)cc2)CC1)NCCC(=O)N(CC)CC. The Morgan fingerprint density at radius 2 is 1.81 bits per heavy atom. The number of benzene rings is 1. The molecular formula is C20H31FN4O. The summed E-state index contributed by atoms with van der Waals surface area (Å²) in [6.07, 6.45) is 2.60. The Bertz CT molecular complexity index is 607. The third-order valence-corrected chi connectivity index (χ3v) is 4.94. The van der Waals surface area contributed by atoms with Crippen LogP contribution in [0.2, 0.25) is 0 Å². The van der Waals surface area contributed by atoms with Crippen LogP contribution < -0.4 is 10.6 Å². The van der Waals surface area contributed by atoms with Gasteiger partial charge in [-0.2, -0.15) is 0 Å². The number of carbonyl (C=O) groups excluding carboxylic acids is 1. The minimum atomic E-state index is -0.207. The van der Waals surface area contributed by atoms with Crippen molar-refractivity contribution in [2.24, 2.45) is 4.99 Å². The molecule has 0 aliphatic heterocycles. The molecule has 2 N–H and O–H groups in total. The molecule has 1 fully saturated rings. The quantitative estimate of drug-likeness (QED) is 0.525. The van der Waals surface area contributed by atoms with Crippen molar-refractivity contribution in [2.45, 2.75) is 45.4 Å². The van der Waals surface area contributed by atoms with Gasteiger partial charge in [-0.3, -0.25) is 9.79 Å². The van der Waals surface area contributed by atoms with Gasteiger partial charge < -0.3 is 15.5 Å². The highest BCUT2D eigenvalue weighted by Crippen LogP contribution is 2.48. The fraction of sp³-hybridized carbons (Fsp3) is 0.600. The van der Waals surface area contributed by atoms with Crippen LogP contribution in [0.3, 0.4) is 0 Å². The van der Waals surface area contributed by atoms with Crippen molar-refractivity contribution in [1.29, 1.82) is 0 Å². The van der Waals surface area contributed by atoms with Crippen LogP contribution >= 0.6 is 0 Å². The Hall–Kier alpha value is -2.11. The van der Waals surface area contributed by atoms with Crippen molar-refractivity contribution in [3.63, 3.8) is 0 Å². The minimum absolute atomic E-state index is 0.0348. The number of halogens is 1. The van der Waals surface area contributed by atoms with E-state index in [9.17, 15) is 9.18 Å². The fourth-order valence-corrected chi connectivity index (χ4v) is 3.09. The summed E-state index contributed by atoms with van der Waals surface area (Å²) in [5.74, 6) is 0.678. The Morgan fingerprint density at radius 3 is 2.35 bits per heavy atom. The van der Waals surface area contributed by atoms with Gasteiger partial charge in [0.2, 0.25) is 5.91 Å². The highest BCUT2D eigenvalue weighted by Gasteiger charge is 2.44. The summed E-state index contributed by atoms with van der Waals surface area (Å²) < 4.78 is 13.1. The minimum Gasteiger partial charge on any atom is -0.357 e. The maximum atomic E-state index is 13.1. The second-order valence-electron chi connectivity index (χ2n) is 6.73. The van der Waals surface area contributed by atoms with Crippen molar-refractivity contribution >= 4 is 11.9 Å². The number of rotatable bonds is 9. The van der Waals surface area contributed by atoms with Gasteiger partial charge in [-0.15, -0.1) is 0 Å². The van der Waals surface area contributed by atoms with Crippen LogP contribution in [0.25, 0.3) is 0 Å². The van der Waals surface area contributed by atoms with E-state index >= 15 is 0 Å². The molecule has 1 amide bonds. The largest absolute Gasteiger partial charge is 0.357 e. The summed E-state index contributed by atoms with van der Waals surface area (Å²) in [7, 11) is 0. The van der Waals surface area contributed by atoms with Crippen molar-refractivity contribution in [3.05, 3.63) is 35.6 Å². The van der Waals surface area contributed by atoms with E-state index in [4.69, 9.17) is 4.99 Å². The van der Waals surface area contributed by atoms with Gasteiger partial charge in [0, 0.05) is 38.0 Å². The summed E-state index contributed by atoms with van der Waals surface area (Å²) >= 11 is 0. The van der Waals surface area contributed by atoms with E-state index in [1.165, 1.54) is 12.1 Å². The van der Waals surface area contributed by atoms with Crippen LogP contribution in [0.5, 0.6) is 0 Å². The number of amides is 1. The molecule has 2 rings (SSSR count). The second kappa shape index (κ2) is 9.55. The first-order valence-corrected chi connectivity index (χ1v) is 9.60. The molecule has 0 saturated heterocycles. The van der Waals surface area contributed by atoms with Gasteiger partial charge in [0.05, 0.1) is 6.54 Å². The zero-order valence-electron chi connectivity index (χ0n) is 16.1. The van der Waals surface area contributed by atoms with Crippen LogP contribution in [-0.2, 0) is 10.2 Å². The maximum Gasteiger partial charge on any atom is 0.224 e. The average molecular weight is 362 g/mol. The molecule has 0 aromatic heterocycles. The molecule has 6 heteroatoms. The van der Waals surface area contributed by atoms with Crippen LogP contribution in [0, 0.1) is 5.82 Å². The predicted octanol–water partition coefficient (Wildman–Crippen LogP) is 2.67. The number of hydrogen-bond donors (Lipinski definition) is 2. The number of aliphatic imine (C=N–C) groups is 1. The molecule has 26 heavy (non-hydrogen) atoms. The maximum absolute atomic E-state index is 13.1. The van der Waals surface area contributed by atoms with Crippen LogP contribution in [-0.4, -0.2) is 49.5 Å². The molecule has 0 radical (unpaired) electrons. The van der Waals surface area contributed by atoms with Crippen molar-refractivity contribution in [2.75, 3.05) is 32.7 Å². The van der Waals surface area contributed by atoms with E-state index in [0.29, 0.717) is 19.5 Å². The monoisotopic (exact) mass is 362 g/mol. The van der Waals surface area contributed by atoms with Gasteiger partial charge in [0.15, 0.2) is 5.96 Å². The first-order valence-electron chi connectivity index (χ1n) is 9.60. The van der Waals surface area contributed by atoms with Gasteiger partial charge in [0.25, 0.3) is 0 Å². The zero-order valence-corrected chi connectivity index (χ0v) is 16.1. The van der Waals surface area contributed by atoms with E-state index in [1.807, 2.05) is 37.8 Å². The lowest BCUT2D eigenvalue weighted by Crippen LogP contribution is -2.40. The van der Waals surface area contributed by atoms with E-state index in [2.05, 4.69) is 10.6 Å². The lowest BCUT2D eigenvalue weighted by molar-refractivity contribution is -0.130. The normalized spacial score (nSPS) is 15.5. The third kappa shape index (κ3) is 5.44. The Balaban J connectivity index is 1.90. The van der Waals surface area contributed by atoms with Gasteiger partial charge in [-0.05, 0) is 51.3 Å². The summed E-state index contributed by atoms with van der Waals surface area (Å²) in [5, 5.41) is 6.48. The van der Waals surface area contributed by atoms with Gasteiger partial charge in [-0.25, -0.2) is 4.39 Å². The number of nitrogens with zero attached hydrogens (tertiary/aromatic N) is 2. The molecular weight excluding hydrogens is 331 g/mol. The van der Waals surface area contributed by atoms with E-state index in [1.54, 1.807) is 0 Å². The third-order valence-electron chi connectivity index (χ3n) is 4.94. The summed E-state index contributed by atoms with van der Waals surface area (Å²) in [4.78, 5) is 18.6. The van der Waals surface area contributed by atoms with Gasteiger partial charge in [-0.1, -0.05) is 12.1 Å². The molecule has 1 aliphatic carbocycles. The molecule has 5 nitrogen and oxygen atoms in total. The number of carbonyl (C=O) groups is 1. The van der Waals surface area contributed by atoms with Crippen molar-refractivity contribution < 1.29 is 9.18 Å². The fourth-order valence-electron chi connectivity index (χ4n) is 3.09. The molecule has 144 valence electrons. The predicted molar refractivity (Wildman–Crippen MR) is 104 cm³/mol. The zero-order chi connectivity index (χ0) is 19.0. The van der Waals surface area contributed by atoms with Crippen LogP contribution in [0.1, 0.15) is 45.6 Å². The second-order valence-corrected chi connectivity index (χ2v) is 6.73. The van der Waals surface area contributed by atoms with Gasteiger partial charge in [0.1, 0.15) is 5.82 Å². The average Bonchev–Trinajstić information content (AvgIpc) is 3.42. The number of guanidine groups is 1. The molecule has 0 spiro atoms. The van der Waals surface area contributed by atoms with E-state index in [-0.39, 0.29) is 17.1 Å². The molecule has 0 unspecified atom stereocenters. The molecule has 1 aromatic carbocycles. The summed E-state index contributed by atoms with van der Waals surface area (Å²) in [5.41, 5.74) is 1.18. The Labute approximate surface area is 156 Å². The highest BCUT2D eigenvalue weighted by atomic mass is 19.1. The number of nitrogens with one attached hydrogen (secondary N) is 2. The van der Waals surface area contributed by atoms with Gasteiger partial charge >= 0.3 is 0 Å². The molecule has 1 aromatic rings. The summed E-state index contributed by atoms with van der Waals surface area (Å²) in [6, 6.07) is 6.75. The topological polar surface area (TPSA) is 56.7 Å². The van der Waals surface area contributed by atoms with Crippen LogP contribution in [0.4, 0.5) is 4.39 Å². The first kappa shape index (κ1) is 20.2. The molecule has 0 bridgehead atoms. The lowest BCUT2D eigenvalue weighted by atomic mass is 9.96. The molecule has 0 heterocycles. The molecule has 1 saturated carbocycles. The van der Waals surface area contributed by atoms with E-state index < -0.39 is 0 Å². The lowest BCUT2D eigenvalue weighted by Gasteiger charge is -2.19. The standard InChI is InChI=1S/C20H31FN4O/c1-4-22-19(23-14-11-18(26)25(5-2)6-3)24-15-20(12-13-20)16-7-9-17(21)10-8-16/h7-10H,4-6,11-15H2,1-3H3,(H2,22,23,24). The smallest absolute Gasteiger partial charge is 0.224 e. The highest BCUT2D eigenvalue weighted by molar-refractivity contribution is 5.81. The molecule has 1 aliphatic rings. The van der Waals surface area contributed by atoms with Crippen LogP contribution in [0.15, 0.2) is 29.3 Å². The summed E-state index contributed by atoms with van der Waals surface area (Å²) in [6.45, 7) is 9.47. The Kier molecular flexibility index (Phi) is 7.42. The first-order chi connectivity index (χ1) is 12.5. The van der Waals surface area contributed by atoms with Crippen molar-refractivity contribution in [3.8, 4) is 0 Å². The number of hydrogen-bond acceptors (Lipinski definition) is 2. The van der Waals surface area contributed by atoms with Crippen molar-refractivity contribution in [1.82, 2.24) is 15.5 Å².